The first-order chi connectivity index (χ1) is 18.3. The van der Waals surface area contributed by atoms with E-state index in [1.54, 1.807) is 19.9 Å². The summed E-state index contributed by atoms with van der Waals surface area (Å²) in [7, 11) is 0. The summed E-state index contributed by atoms with van der Waals surface area (Å²) in [6.07, 6.45) is -1.53. The highest BCUT2D eigenvalue weighted by Crippen LogP contribution is 2.32. The maximum absolute atomic E-state index is 12.5. The summed E-state index contributed by atoms with van der Waals surface area (Å²) < 4.78 is 26.5. The monoisotopic (exact) mass is 565 g/mol. The van der Waals surface area contributed by atoms with Crippen LogP contribution >= 0.6 is 0 Å². The molecule has 1 rings (SSSR count). The molecule has 0 aliphatic carbocycles. The predicted octanol–water partition coefficient (Wildman–Crippen LogP) is 5.37. The van der Waals surface area contributed by atoms with Crippen LogP contribution in [-0.4, -0.2) is 48.9 Å². The van der Waals surface area contributed by atoms with Crippen LogP contribution in [0.2, 0.25) is 0 Å². The van der Waals surface area contributed by atoms with Crippen LogP contribution in [0.15, 0.2) is 18.2 Å². The summed E-state index contributed by atoms with van der Waals surface area (Å²) in [5.41, 5.74) is 6.02. The van der Waals surface area contributed by atoms with Crippen LogP contribution in [0.5, 0.6) is 11.5 Å². The fourth-order valence-corrected chi connectivity index (χ4v) is 3.18. The molecule has 0 bridgehead atoms. The van der Waals surface area contributed by atoms with E-state index in [-0.39, 0.29) is 60.2 Å². The Kier molecular flexibility index (Phi) is 13.1. The van der Waals surface area contributed by atoms with Crippen LogP contribution in [0.1, 0.15) is 87.6 Å². The Hall–Kier alpha value is -3.14. The van der Waals surface area contributed by atoms with Gasteiger partial charge in [0.1, 0.15) is 24.9 Å². The average Bonchev–Trinajstić information content (AvgIpc) is 2.76. The van der Waals surface area contributed by atoms with Gasteiger partial charge in [0.2, 0.25) is 0 Å². The lowest BCUT2D eigenvalue weighted by atomic mass is 9.92. The van der Waals surface area contributed by atoms with Crippen molar-refractivity contribution in [3.05, 3.63) is 23.8 Å². The highest BCUT2D eigenvalue weighted by molar-refractivity contribution is 5.78. The zero-order valence-electron chi connectivity index (χ0n) is 25.6. The highest BCUT2D eigenvalue weighted by atomic mass is 16.7. The van der Waals surface area contributed by atoms with Crippen molar-refractivity contribution in [2.45, 2.75) is 107 Å². The number of hydrogen-bond donors (Lipinski definition) is 1. The molecule has 0 fully saturated rings. The van der Waals surface area contributed by atoms with Crippen LogP contribution in [0.4, 0.5) is 4.79 Å². The van der Waals surface area contributed by atoms with Gasteiger partial charge >= 0.3 is 24.1 Å². The second-order valence-electron chi connectivity index (χ2n) is 12.9. The van der Waals surface area contributed by atoms with Crippen molar-refractivity contribution < 1.29 is 42.9 Å². The van der Waals surface area contributed by atoms with Crippen molar-refractivity contribution in [1.82, 2.24) is 0 Å². The molecule has 0 amide bonds. The topological polar surface area (TPSA) is 140 Å². The molecule has 226 valence electrons. The Morgan fingerprint density at radius 3 is 1.82 bits per heavy atom. The lowest BCUT2D eigenvalue weighted by molar-refractivity contribution is -0.148. The Labute approximate surface area is 238 Å². The normalized spacial score (nSPS) is 14.1. The maximum atomic E-state index is 12.5. The molecule has 0 radical (unpaired) electrons. The molecular formula is C30H47NO9. The van der Waals surface area contributed by atoms with Crippen LogP contribution in [-0.2, 0) is 35.0 Å². The van der Waals surface area contributed by atoms with Crippen LogP contribution in [0, 0.1) is 16.7 Å². The molecule has 1 aromatic rings. The predicted molar refractivity (Wildman–Crippen MR) is 150 cm³/mol. The Bertz CT molecular complexity index is 1020. The first-order valence-corrected chi connectivity index (χ1v) is 13.6. The van der Waals surface area contributed by atoms with Crippen molar-refractivity contribution >= 4 is 24.1 Å². The number of esters is 3. The van der Waals surface area contributed by atoms with Crippen molar-refractivity contribution in [2.24, 2.45) is 22.5 Å². The highest BCUT2D eigenvalue weighted by Gasteiger charge is 2.24. The van der Waals surface area contributed by atoms with Gasteiger partial charge in [0.15, 0.2) is 11.5 Å². The summed E-state index contributed by atoms with van der Waals surface area (Å²) in [4.78, 5) is 49.3. The molecule has 1 aromatic carbocycles. The molecular weight excluding hydrogens is 518 g/mol. The van der Waals surface area contributed by atoms with Gasteiger partial charge in [-0.2, -0.15) is 0 Å². The molecule has 1 unspecified atom stereocenters. The number of rotatable bonds is 12. The zero-order valence-corrected chi connectivity index (χ0v) is 25.6. The zero-order chi connectivity index (χ0) is 30.8. The van der Waals surface area contributed by atoms with Gasteiger partial charge in [0.05, 0.1) is 12.8 Å². The molecule has 3 atom stereocenters. The molecule has 2 N–H and O–H groups in total. The van der Waals surface area contributed by atoms with Gasteiger partial charge < -0.3 is 29.4 Å². The minimum atomic E-state index is -1.05. The second kappa shape index (κ2) is 15.0. The summed E-state index contributed by atoms with van der Waals surface area (Å²) in [6.45, 7) is 18.4. The van der Waals surface area contributed by atoms with Gasteiger partial charge in [-0.25, -0.2) is 4.79 Å². The molecule has 0 aromatic heterocycles. The van der Waals surface area contributed by atoms with Gasteiger partial charge in [-0.05, 0) is 54.7 Å². The standard InChI is InChI=1S/C30H47NO9/c1-18(2)20(4)38-28(35)37-19(3)17-36-27(34)22(31)13-21-11-12-23(39-25(32)15-29(5,6)7)24(14-21)40-26(33)16-30(8,9)10/h11-12,14,18-20,22H,13,15-17,31H2,1-10H3/t19-,20?,22-/m0/s1. The van der Waals surface area contributed by atoms with E-state index in [1.165, 1.54) is 12.1 Å². The molecule has 0 heterocycles. The number of carbonyl (C=O) groups excluding carboxylic acids is 4. The molecule has 0 aliphatic heterocycles. The van der Waals surface area contributed by atoms with Crippen molar-refractivity contribution in [2.75, 3.05) is 6.61 Å². The van der Waals surface area contributed by atoms with Gasteiger partial charge in [-0.15, -0.1) is 0 Å². The van der Waals surface area contributed by atoms with Crippen LogP contribution in [0.25, 0.3) is 0 Å². The van der Waals surface area contributed by atoms with Crippen molar-refractivity contribution in [1.29, 1.82) is 0 Å². The van der Waals surface area contributed by atoms with Crippen molar-refractivity contribution in [3.63, 3.8) is 0 Å². The SMILES string of the molecule is CC(C)C(C)OC(=O)O[C@@H](C)COC(=O)[C@@H](N)Cc1ccc(OC(=O)CC(C)(C)C)c(OC(=O)CC(C)(C)C)c1. The van der Waals surface area contributed by atoms with E-state index < -0.39 is 36.2 Å². The molecule has 40 heavy (non-hydrogen) atoms. The Morgan fingerprint density at radius 2 is 1.32 bits per heavy atom. The molecule has 10 heteroatoms. The number of benzene rings is 1. The molecule has 0 aliphatic rings. The average molecular weight is 566 g/mol. The largest absolute Gasteiger partial charge is 0.508 e. The lowest BCUT2D eigenvalue weighted by Crippen LogP contribution is -2.36. The first-order valence-electron chi connectivity index (χ1n) is 13.6. The van der Waals surface area contributed by atoms with Crippen LogP contribution in [0.3, 0.4) is 0 Å². The Morgan fingerprint density at radius 1 is 0.800 bits per heavy atom. The van der Waals surface area contributed by atoms with E-state index >= 15 is 0 Å². The Balaban J connectivity index is 2.88. The van der Waals surface area contributed by atoms with Gasteiger partial charge in [-0.1, -0.05) is 61.5 Å². The van der Waals surface area contributed by atoms with Gasteiger partial charge in [0.25, 0.3) is 0 Å². The molecule has 0 spiro atoms. The fraction of sp³-hybridized carbons (Fsp3) is 0.667. The number of carbonyl (C=O) groups is 4. The maximum Gasteiger partial charge on any atom is 0.508 e. The summed E-state index contributed by atoms with van der Waals surface area (Å²) in [5.74, 6) is -1.37. The third-order valence-electron chi connectivity index (χ3n) is 5.54. The minimum absolute atomic E-state index is 0.0576. The summed E-state index contributed by atoms with van der Waals surface area (Å²) >= 11 is 0. The van der Waals surface area contributed by atoms with E-state index in [0.29, 0.717) is 5.56 Å². The van der Waals surface area contributed by atoms with Gasteiger partial charge in [-0.3, -0.25) is 14.4 Å². The molecule has 0 saturated carbocycles. The summed E-state index contributed by atoms with van der Waals surface area (Å²) in [5, 5.41) is 0. The first kappa shape index (κ1) is 34.9. The van der Waals surface area contributed by atoms with E-state index in [1.807, 2.05) is 55.4 Å². The molecule has 0 saturated heterocycles. The molecule has 10 nitrogen and oxygen atoms in total. The minimum Gasteiger partial charge on any atom is -0.461 e. The van der Waals surface area contributed by atoms with E-state index in [4.69, 9.17) is 29.4 Å². The number of ether oxygens (including phenoxy) is 5. The van der Waals surface area contributed by atoms with E-state index in [0.717, 1.165) is 0 Å². The lowest BCUT2D eigenvalue weighted by Gasteiger charge is -2.20. The van der Waals surface area contributed by atoms with E-state index in [9.17, 15) is 19.2 Å². The number of hydrogen-bond acceptors (Lipinski definition) is 10. The van der Waals surface area contributed by atoms with Crippen LogP contribution < -0.4 is 15.2 Å². The third kappa shape index (κ3) is 14.3. The smallest absolute Gasteiger partial charge is 0.461 e. The van der Waals surface area contributed by atoms with Crippen molar-refractivity contribution in [3.8, 4) is 11.5 Å². The summed E-state index contributed by atoms with van der Waals surface area (Å²) in [6, 6.07) is 3.61. The quantitative estimate of drug-likeness (QED) is 0.260. The number of nitrogens with two attached hydrogens (primary N) is 1. The van der Waals surface area contributed by atoms with Gasteiger partial charge in [0, 0.05) is 0 Å². The third-order valence-corrected chi connectivity index (χ3v) is 5.54. The fourth-order valence-electron chi connectivity index (χ4n) is 3.18. The second-order valence-corrected chi connectivity index (χ2v) is 12.9. The van der Waals surface area contributed by atoms with E-state index in [2.05, 4.69) is 0 Å².